The fourth-order valence-corrected chi connectivity index (χ4v) is 2.09. The van der Waals surface area contributed by atoms with E-state index >= 15 is 0 Å². The molecule has 2 rings (SSSR count). The Bertz CT molecular complexity index is 410. The largest absolute Gasteiger partial charge is 0.478 e. The number of carboxylic acids is 1. The fourth-order valence-electron chi connectivity index (χ4n) is 2.09. The van der Waals surface area contributed by atoms with Gasteiger partial charge in [0.2, 0.25) is 0 Å². The quantitative estimate of drug-likeness (QED) is 0.849. The van der Waals surface area contributed by atoms with Gasteiger partial charge >= 0.3 is 5.97 Å². The van der Waals surface area contributed by atoms with Crippen molar-refractivity contribution in [3.05, 3.63) is 29.3 Å². The molecular formula is C13H17NO2. The summed E-state index contributed by atoms with van der Waals surface area (Å²) < 4.78 is 0. The molecule has 0 amide bonds. The van der Waals surface area contributed by atoms with Crippen LogP contribution >= 0.6 is 0 Å². The summed E-state index contributed by atoms with van der Waals surface area (Å²) in [7, 11) is 2.08. The van der Waals surface area contributed by atoms with Crippen molar-refractivity contribution in [2.45, 2.75) is 32.2 Å². The lowest BCUT2D eigenvalue weighted by atomic mass is 9.91. The number of benzene rings is 1. The minimum atomic E-state index is -0.852. The van der Waals surface area contributed by atoms with Crippen LogP contribution in [-0.2, 0) is 0 Å². The molecule has 1 N–H and O–H groups in total. The maximum atomic E-state index is 10.9. The summed E-state index contributed by atoms with van der Waals surface area (Å²) in [5, 5.41) is 8.95. The molecule has 1 aromatic carbocycles. The van der Waals surface area contributed by atoms with Crippen molar-refractivity contribution >= 4 is 11.7 Å². The van der Waals surface area contributed by atoms with Crippen LogP contribution in [0.5, 0.6) is 0 Å². The maximum absolute atomic E-state index is 10.9. The molecule has 0 atom stereocenters. The average molecular weight is 219 g/mol. The first-order chi connectivity index (χ1) is 7.59. The molecule has 1 saturated carbocycles. The molecule has 0 unspecified atom stereocenters. The molecule has 0 aromatic heterocycles. The molecule has 0 heterocycles. The number of carboxylic acid groups (broad SMARTS) is 1. The molecule has 1 aromatic rings. The predicted octanol–water partition coefficient (Wildman–Crippen LogP) is 2.68. The van der Waals surface area contributed by atoms with Crippen LogP contribution in [0.2, 0.25) is 0 Å². The lowest BCUT2D eigenvalue weighted by Crippen LogP contribution is -2.37. The Hall–Kier alpha value is -1.51. The Kier molecular flexibility index (Phi) is 2.86. The fraction of sp³-hybridized carbons (Fsp3) is 0.462. The van der Waals surface area contributed by atoms with Crippen molar-refractivity contribution in [2.75, 3.05) is 11.9 Å². The third kappa shape index (κ3) is 1.90. The Morgan fingerprint density at radius 2 is 2.12 bits per heavy atom. The third-order valence-electron chi connectivity index (χ3n) is 3.47. The van der Waals surface area contributed by atoms with E-state index in [1.54, 1.807) is 6.07 Å². The monoisotopic (exact) mass is 219 g/mol. The molecule has 0 spiro atoms. The summed E-state index contributed by atoms with van der Waals surface area (Å²) in [6.07, 6.45) is 3.80. The van der Waals surface area contributed by atoms with Crippen LogP contribution in [0.25, 0.3) is 0 Å². The normalized spacial score (nSPS) is 15.6. The molecule has 86 valence electrons. The Morgan fingerprint density at radius 3 is 2.56 bits per heavy atom. The molecule has 0 radical (unpaired) electrons. The summed E-state index contributed by atoms with van der Waals surface area (Å²) in [4.78, 5) is 13.1. The van der Waals surface area contributed by atoms with E-state index in [9.17, 15) is 4.79 Å². The number of anilines is 1. The second-order valence-electron chi connectivity index (χ2n) is 4.50. The summed E-state index contributed by atoms with van der Waals surface area (Å²) in [5.74, 6) is -0.852. The van der Waals surface area contributed by atoms with E-state index in [0.717, 1.165) is 11.3 Å². The molecule has 1 aliphatic carbocycles. The molecule has 0 aliphatic heterocycles. The SMILES string of the molecule is Cc1cc(N(C)C2CCC2)ccc1C(=O)O. The summed E-state index contributed by atoms with van der Waals surface area (Å²) >= 11 is 0. The number of carbonyl (C=O) groups is 1. The van der Waals surface area contributed by atoms with Gasteiger partial charge < -0.3 is 10.0 Å². The molecular weight excluding hydrogens is 202 g/mol. The van der Waals surface area contributed by atoms with Gasteiger partial charge in [0.1, 0.15) is 0 Å². The van der Waals surface area contributed by atoms with Crippen LogP contribution in [0.3, 0.4) is 0 Å². The van der Waals surface area contributed by atoms with E-state index in [4.69, 9.17) is 5.11 Å². The molecule has 0 bridgehead atoms. The first kappa shape index (κ1) is 11.0. The van der Waals surface area contributed by atoms with Crippen molar-refractivity contribution < 1.29 is 9.90 Å². The molecule has 1 fully saturated rings. The van der Waals surface area contributed by atoms with E-state index in [1.165, 1.54) is 19.3 Å². The van der Waals surface area contributed by atoms with Gasteiger partial charge in [-0.15, -0.1) is 0 Å². The minimum absolute atomic E-state index is 0.394. The zero-order valence-corrected chi connectivity index (χ0v) is 9.73. The second kappa shape index (κ2) is 4.16. The lowest BCUT2D eigenvalue weighted by molar-refractivity contribution is 0.0696. The van der Waals surface area contributed by atoms with Gasteiger partial charge in [0.25, 0.3) is 0 Å². The standard InChI is InChI=1S/C13H17NO2/c1-9-8-11(6-7-12(9)13(15)16)14(2)10-4-3-5-10/h6-8,10H,3-5H2,1-2H3,(H,15,16). The third-order valence-corrected chi connectivity index (χ3v) is 3.47. The van der Waals surface area contributed by atoms with Crippen molar-refractivity contribution in [1.82, 2.24) is 0 Å². The first-order valence-electron chi connectivity index (χ1n) is 5.66. The smallest absolute Gasteiger partial charge is 0.335 e. The summed E-state index contributed by atoms with van der Waals surface area (Å²) in [6, 6.07) is 6.19. The minimum Gasteiger partial charge on any atom is -0.478 e. The number of aromatic carboxylic acids is 1. The van der Waals surface area contributed by atoms with Crippen LogP contribution in [-0.4, -0.2) is 24.2 Å². The first-order valence-corrected chi connectivity index (χ1v) is 5.66. The summed E-state index contributed by atoms with van der Waals surface area (Å²) in [6.45, 7) is 1.85. The van der Waals surface area contributed by atoms with Crippen LogP contribution in [0.15, 0.2) is 18.2 Å². The highest BCUT2D eigenvalue weighted by atomic mass is 16.4. The molecule has 3 heteroatoms. The molecule has 16 heavy (non-hydrogen) atoms. The zero-order valence-electron chi connectivity index (χ0n) is 9.73. The Labute approximate surface area is 95.7 Å². The van der Waals surface area contributed by atoms with Gasteiger partial charge in [0.15, 0.2) is 0 Å². The van der Waals surface area contributed by atoms with Crippen molar-refractivity contribution in [1.29, 1.82) is 0 Å². The molecule has 1 aliphatic rings. The predicted molar refractivity (Wildman–Crippen MR) is 64.2 cm³/mol. The summed E-state index contributed by atoms with van der Waals surface area (Å²) in [5.41, 5.74) is 2.34. The Morgan fingerprint density at radius 1 is 1.44 bits per heavy atom. The highest BCUT2D eigenvalue weighted by molar-refractivity contribution is 5.89. The van der Waals surface area contributed by atoms with Crippen LogP contribution in [0, 0.1) is 6.92 Å². The van der Waals surface area contributed by atoms with E-state index < -0.39 is 5.97 Å². The second-order valence-corrected chi connectivity index (χ2v) is 4.50. The number of nitrogens with zero attached hydrogens (tertiary/aromatic N) is 1. The van der Waals surface area contributed by atoms with Crippen LogP contribution in [0.1, 0.15) is 35.2 Å². The van der Waals surface area contributed by atoms with Gasteiger partial charge in [0, 0.05) is 18.8 Å². The highest BCUT2D eigenvalue weighted by Gasteiger charge is 2.22. The van der Waals surface area contributed by atoms with Gasteiger partial charge in [-0.05, 0) is 49.9 Å². The van der Waals surface area contributed by atoms with Gasteiger partial charge in [-0.3, -0.25) is 0 Å². The van der Waals surface area contributed by atoms with Crippen LogP contribution in [0.4, 0.5) is 5.69 Å². The highest BCUT2D eigenvalue weighted by Crippen LogP contribution is 2.29. The van der Waals surface area contributed by atoms with Crippen molar-refractivity contribution in [3.63, 3.8) is 0 Å². The lowest BCUT2D eigenvalue weighted by Gasteiger charge is -2.36. The number of rotatable bonds is 3. The number of aryl methyl sites for hydroxylation is 1. The zero-order chi connectivity index (χ0) is 11.7. The van der Waals surface area contributed by atoms with Gasteiger partial charge in [-0.2, -0.15) is 0 Å². The van der Waals surface area contributed by atoms with Gasteiger partial charge in [-0.25, -0.2) is 4.79 Å². The topological polar surface area (TPSA) is 40.5 Å². The molecule has 0 saturated heterocycles. The van der Waals surface area contributed by atoms with E-state index in [-0.39, 0.29) is 0 Å². The van der Waals surface area contributed by atoms with Crippen molar-refractivity contribution in [3.8, 4) is 0 Å². The number of hydrogen-bond donors (Lipinski definition) is 1. The van der Waals surface area contributed by atoms with E-state index in [1.807, 2.05) is 19.1 Å². The van der Waals surface area contributed by atoms with Gasteiger partial charge in [-0.1, -0.05) is 0 Å². The molecule has 3 nitrogen and oxygen atoms in total. The van der Waals surface area contributed by atoms with E-state index in [2.05, 4.69) is 11.9 Å². The van der Waals surface area contributed by atoms with Gasteiger partial charge in [0.05, 0.1) is 5.56 Å². The average Bonchev–Trinajstić information content (AvgIpc) is 2.14. The van der Waals surface area contributed by atoms with E-state index in [0.29, 0.717) is 11.6 Å². The maximum Gasteiger partial charge on any atom is 0.335 e. The van der Waals surface area contributed by atoms with Crippen molar-refractivity contribution in [2.24, 2.45) is 0 Å². The number of hydrogen-bond acceptors (Lipinski definition) is 2. The van der Waals surface area contributed by atoms with Crippen LogP contribution < -0.4 is 4.90 Å². The Balaban J connectivity index is 2.22.